The van der Waals surface area contributed by atoms with Gasteiger partial charge in [0.2, 0.25) is 5.91 Å². The zero-order valence-electron chi connectivity index (χ0n) is 8.84. The van der Waals surface area contributed by atoms with Gasteiger partial charge in [0.1, 0.15) is 0 Å². The van der Waals surface area contributed by atoms with Crippen LogP contribution in [0.2, 0.25) is 0 Å². The maximum absolute atomic E-state index is 11.8. The van der Waals surface area contributed by atoms with Gasteiger partial charge in [-0.3, -0.25) is 4.79 Å². The predicted molar refractivity (Wildman–Crippen MR) is 53.2 cm³/mol. The van der Waals surface area contributed by atoms with Crippen molar-refractivity contribution in [1.82, 2.24) is 4.90 Å². The number of nitrogens with zero attached hydrogens (tertiary/aromatic N) is 1. The van der Waals surface area contributed by atoms with Crippen molar-refractivity contribution in [2.24, 2.45) is 11.7 Å². The zero-order chi connectivity index (χ0) is 10.1. The normalized spacial score (nSPS) is 34.3. The van der Waals surface area contributed by atoms with E-state index in [0.717, 1.165) is 19.3 Å². The number of hydrogen-bond acceptors (Lipinski definition) is 2. The molecule has 1 aliphatic carbocycles. The fourth-order valence-electron chi connectivity index (χ4n) is 2.23. The topological polar surface area (TPSA) is 46.3 Å². The highest BCUT2D eigenvalue weighted by atomic mass is 16.2. The summed E-state index contributed by atoms with van der Waals surface area (Å²) in [5.41, 5.74) is 5.52. The highest BCUT2D eigenvalue weighted by molar-refractivity contribution is 5.85. The monoisotopic (exact) mass is 184 g/mol. The van der Waals surface area contributed by atoms with Gasteiger partial charge in [-0.05, 0) is 18.8 Å². The summed E-state index contributed by atoms with van der Waals surface area (Å²) >= 11 is 0. The van der Waals surface area contributed by atoms with Crippen molar-refractivity contribution in [3.63, 3.8) is 0 Å². The van der Waals surface area contributed by atoms with Crippen LogP contribution in [-0.4, -0.2) is 30.4 Å². The van der Waals surface area contributed by atoms with Crippen molar-refractivity contribution < 1.29 is 4.79 Å². The third-order valence-electron chi connectivity index (χ3n) is 2.86. The van der Waals surface area contributed by atoms with Crippen LogP contribution < -0.4 is 5.73 Å². The molecule has 3 nitrogen and oxygen atoms in total. The third-order valence-corrected chi connectivity index (χ3v) is 2.86. The first-order valence-electron chi connectivity index (χ1n) is 4.96. The maximum atomic E-state index is 11.8. The van der Waals surface area contributed by atoms with E-state index in [1.54, 1.807) is 19.0 Å². The van der Waals surface area contributed by atoms with Gasteiger partial charge in [-0.15, -0.1) is 0 Å². The van der Waals surface area contributed by atoms with Crippen LogP contribution in [0, 0.1) is 5.92 Å². The Kier molecular flexibility index (Phi) is 2.96. The quantitative estimate of drug-likeness (QED) is 0.660. The molecule has 0 radical (unpaired) electrons. The maximum Gasteiger partial charge on any atom is 0.242 e. The Morgan fingerprint density at radius 3 is 2.62 bits per heavy atom. The van der Waals surface area contributed by atoms with Crippen LogP contribution in [0.15, 0.2) is 0 Å². The highest BCUT2D eigenvalue weighted by Crippen LogP contribution is 2.31. The molecule has 1 aliphatic rings. The van der Waals surface area contributed by atoms with Gasteiger partial charge >= 0.3 is 0 Å². The smallest absolute Gasteiger partial charge is 0.242 e. The van der Waals surface area contributed by atoms with E-state index in [1.165, 1.54) is 6.42 Å². The van der Waals surface area contributed by atoms with E-state index >= 15 is 0 Å². The van der Waals surface area contributed by atoms with Gasteiger partial charge in [-0.2, -0.15) is 0 Å². The third kappa shape index (κ3) is 2.21. The van der Waals surface area contributed by atoms with Crippen LogP contribution in [0.25, 0.3) is 0 Å². The van der Waals surface area contributed by atoms with Gasteiger partial charge in [0.25, 0.3) is 0 Å². The minimum atomic E-state index is -0.582. The Hall–Kier alpha value is -0.570. The van der Waals surface area contributed by atoms with Gasteiger partial charge in [0.15, 0.2) is 0 Å². The number of carbonyl (C=O) groups excluding carboxylic acids is 1. The minimum absolute atomic E-state index is 0.0825. The van der Waals surface area contributed by atoms with Gasteiger partial charge in [-0.25, -0.2) is 0 Å². The second kappa shape index (κ2) is 3.66. The van der Waals surface area contributed by atoms with Crippen molar-refractivity contribution in [2.75, 3.05) is 14.1 Å². The lowest BCUT2D eigenvalue weighted by atomic mass is 9.76. The Morgan fingerprint density at radius 1 is 1.54 bits per heavy atom. The molecule has 1 rings (SSSR count). The van der Waals surface area contributed by atoms with E-state index in [4.69, 9.17) is 5.73 Å². The van der Waals surface area contributed by atoms with Crippen molar-refractivity contribution in [3.05, 3.63) is 0 Å². The van der Waals surface area contributed by atoms with Crippen molar-refractivity contribution >= 4 is 5.91 Å². The molecule has 0 saturated heterocycles. The highest BCUT2D eigenvalue weighted by Gasteiger charge is 2.38. The van der Waals surface area contributed by atoms with E-state index in [2.05, 4.69) is 6.92 Å². The molecule has 2 atom stereocenters. The largest absolute Gasteiger partial charge is 0.347 e. The molecule has 1 fully saturated rings. The first kappa shape index (κ1) is 10.5. The SMILES string of the molecule is CC1CCCC(N)(C(=O)N(C)C)C1. The second-order valence-corrected chi connectivity index (χ2v) is 4.56. The van der Waals surface area contributed by atoms with E-state index < -0.39 is 5.54 Å². The molecule has 0 aromatic rings. The summed E-state index contributed by atoms with van der Waals surface area (Å²) in [7, 11) is 3.55. The summed E-state index contributed by atoms with van der Waals surface area (Å²) in [4.78, 5) is 13.4. The molecule has 13 heavy (non-hydrogen) atoms. The first-order chi connectivity index (χ1) is 5.96. The summed E-state index contributed by atoms with van der Waals surface area (Å²) in [6.45, 7) is 2.17. The van der Waals surface area contributed by atoms with Crippen LogP contribution in [0.1, 0.15) is 32.6 Å². The molecule has 76 valence electrons. The molecule has 1 amide bonds. The van der Waals surface area contributed by atoms with Gasteiger partial charge in [0, 0.05) is 14.1 Å². The molecule has 0 spiro atoms. The minimum Gasteiger partial charge on any atom is -0.347 e. The molecule has 1 saturated carbocycles. The number of amides is 1. The molecule has 2 N–H and O–H groups in total. The van der Waals surface area contributed by atoms with Crippen LogP contribution in [-0.2, 0) is 4.79 Å². The number of hydrogen-bond donors (Lipinski definition) is 1. The lowest BCUT2D eigenvalue weighted by Crippen LogP contribution is -2.55. The Labute approximate surface area is 80.3 Å². The molecule has 0 heterocycles. The summed E-state index contributed by atoms with van der Waals surface area (Å²) in [5.74, 6) is 0.668. The average molecular weight is 184 g/mol. The van der Waals surface area contributed by atoms with Gasteiger partial charge in [-0.1, -0.05) is 19.8 Å². The summed E-state index contributed by atoms with van der Waals surface area (Å²) in [6.07, 6.45) is 3.97. The Morgan fingerprint density at radius 2 is 2.15 bits per heavy atom. The molecular formula is C10H20N2O. The first-order valence-corrected chi connectivity index (χ1v) is 4.96. The molecule has 0 bridgehead atoms. The lowest BCUT2D eigenvalue weighted by Gasteiger charge is -2.37. The van der Waals surface area contributed by atoms with Gasteiger partial charge in [0.05, 0.1) is 5.54 Å². The standard InChI is InChI=1S/C10H20N2O/c1-8-5-4-6-10(11,7-8)9(13)12(2)3/h8H,4-7,11H2,1-3H3. The van der Waals surface area contributed by atoms with Crippen LogP contribution in [0.5, 0.6) is 0 Å². The summed E-state index contributed by atoms with van der Waals surface area (Å²) in [5, 5.41) is 0. The van der Waals surface area contributed by atoms with Gasteiger partial charge < -0.3 is 10.6 Å². The number of rotatable bonds is 1. The molecular weight excluding hydrogens is 164 g/mol. The molecule has 3 heteroatoms. The summed E-state index contributed by atoms with van der Waals surface area (Å²) in [6, 6.07) is 0. The average Bonchev–Trinajstić information content (AvgIpc) is 2.02. The number of nitrogens with two attached hydrogens (primary N) is 1. The van der Waals surface area contributed by atoms with E-state index in [1.807, 2.05) is 0 Å². The summed E-state index contributed by atoms with van der Waals surface area (Å²) < 4.78 is 0. The van der Waals surface area contributed by atoms with E-state index in [9.17, 15) is 4.79 Å². The fraction of sp³-hybridized carbons (Fsp3) is 0.900. The number of likely N-dealkylation sites (N-methyl/N-ethyl adjacent to an activating group) is 1. The molecule has 0 aromatic carbocycles. The molecule has 2 unspecified atom stereocenters. The second-order valence-electron chi connectivity index (χ2n) is 4.56. The Bertz CT molecular complexity index is 203. The van der Waals surface area contributed by atoms with Crippen LogP contribution in [0.3, 0.4) is 0 Å². The zero-order valence-corrected chi connectivity index (χ0v) is 8.84. The van der Waals surface area contributed by atoms with Crippen LogP contribution >= 0.6 is 0 Å². The number of carbonyl (C=O) groups is 1. The fourth-order valence-corrected chi connectivity index (χ4v) is 2.23. The lowest BCUT2D eigenvalue weighted by molar-refractivity contribution is -0.136. The predicted octanol–water partition coefficient (Wildman–Crippen LogP) is 0.982. The van der Waals surface area contributed by atoms with Crippen molar-refractivity contribution in [3.8, 4) is 0 Å². The van der Waals surface area contributed by atoms with Crippen molar-refractivity contribution in [1.29, 1.82) is 0 Å². The van der Waals surface area contributed by atoms with Crippen LogP contribution in [0.4, 0.5) is 0 Å². The van der Waals surface area contributed by atoms with E-state index in [-0.39, 0.29) is 5.91 Å². The molecule has 0 aliphatic heterocycles. The van der Waals surface area contributed by atoms with E-state index in [0.29, 0.717) is 5.92 Å². The van der Waals surface area contributed by atoms with Crippen molar-refractivity contribution in [2.45, 2.75) is 38.1 Å². The Balaban J connectivity index is 2.68. The molecule has 0 aromatic heterocycles.